The number of ketones is 1. The minimum atomic E-state index is -1.88. The zero-order valence-electron chi connectivity index (χ0n) is 11.3. The molecule has 6 N–H and O–H groups in total. The third kappa shape index (κ3) is 5.07. The lowest BCUT2D eigenvalue weighted by molar-refractivity contribution is -0.146. The Morgan fingerprint density at radius 3 is 2.10 bits per heavy atom. The van der Waals surface area contributed by atoms with Gasteiger partial charge in [-0.05, 0) is 24.1 Å². The van der Waals surface area contributed by atoms with E-state index in [1.807, 2.05) is 0 Å². The van der Waals surface area contributed by atoms with E-state index < -0.39 is 36.8 Å². The monoisotopic (exact) mass is 300 g/mol. The summed E-state index contributed by atoms with van der Waals surface area (Å²) in [7, 11) is 0. The highest BCUT2D eigenvalue weighted by Gasteiger charge is 2.33. The number of aliphatic hydroxyl groups is 5. The number of aryl methyl sites for hydroxylation is 1. The molecular formula is C14H20O7. The van der Waals surface area contributed by atoms with Gasteiger partial charge in [-0.25, -0.2) is 0 Å². The Balaban J connectivity index is 2.52. The lowest BCUT2D eigenvalue weighted by Gasteiger charge is -2.24. The summed E-state index contributed by atoms with van der Waals surface area (Å²) in [6, 6.07) is 6.17. The summed E-state index contributed by atoms with van der Waals surface area (Å²) >= 11 is 0. The van der Waals surface area contributed by atoms with Gasteiger partial charge in [-0.2, -0.15) is 0 Å². The number of carbonyl (C=O) groups excluding carboxylic acids is 1. The number of hydrogen-bond acceptors (Lipinski definition) is 7. The fourth-order valence-corrected chi connectivity index (χ4v) is 1.79. The third-order valence-electron chi connectivity index (χ3n) is 3.18. The van der Waals surface area contributed by atoms with Crippen molar-refractivity contribution in [1.82, 2.24) is 0 Å². The van der Waals surface area contributed by atoms with E-state index in [1.54, 1.807) is 12.1 Å². The molecule has 1 aromatic rings. The van der Waals surface area contributed by atoms with Gasteiger partial charge in [0, 0.05) is 6.42 Å². The first-order valence-corrected chi connectivity index (χ1v) is 6.50. The van der Waals surface area contributed by atoms with Gasteiger partial charge in [0.2, 0.25) is 0 Å². The van der Waals surface area contributed by atoms with Crippen LogP contribution in [0.15, 0.2) is 24.3 Å². The second kappa shape index (κ2) is 8.06. The SMILES string of the molecule is O=C(CCc1ccc(O)cc1)[C@H](O)[C@@H](O)[C@H](O)[C@H](O)CO. The van der Waals surface area contributed by atoms with Gasteiger partial charge in [-0.15, -0.1) is 0 Å². The van der Waals surface area contributed by atoms with Crippen LogP contribution in [0.3, 0.4) is 0 Å². The second-order valence-corrected chi connectivity index (χ2v) is 4.81. The maximum absolute atomic E-state index is 11.7. The van der Waals surface area contributed by atoms with Crippen molar-refractivity contribution in [3.63, 3.8) is 0 Å². The Kier molecular flexibility index (Phi) is 6.73. The second-order valence-electron chi connectivity index (χ2n) is 4.81. The highest BCUT2D eigenvalue weighted by Crippen LogP contribution is 2.13. The summed E-state index contributed by atoms with van der Waals surface area (Å²) in [5, 5.41) is 55.5. The molecule has 0 amide bonds. The highest BCUT2D eigenvalue weighted by molar-refractivity contribution is 5.83. The number of hydrogen-bond donors (Lipinski definition) is 6. The average molecular weight is 300 g/mol. The molecule has 0 saturated carbocycles. The quantitative estimate of drug-likeness (QED) is 0.337. The van der Waals surface area contributed by atoms with Crippen LogP contribution < -0.4 is 0 Å². The molecule has 118 valence electrons. The first kappa shape index (κ1) is 17.5. The summed E-state index contributed by atoms with van der Waals surface area (Å²) in [5.41, 5.74) is 0.763. The smallest absolute Gasteiger partial charge is 0.164 e. The largest absolute Gasteiger partial charge is 0.508 e. The highest BCUT2D eigenvalue weighted by atomic mass is 16.4. The Morgan fingerprint density at radius 1 is 1.00 bits per heavy atom. The van der Waals surface area contributed by atoms with Crippen molar-refractivity contribution in [1.29, 1.82) is 0 Å². The molecule has 1 aromatic carbocycles. The normalized spacial score (nSPS) is 17.0. The summed E-state index contributed by atoms with van der Waals surface area (Å²) in [6.07, 6.45) is -6.97. The Labute approximate surface area is 121 Å². The molecule has 0 radical (unpaired) electrons. The number of benzene rings is 1. The Hall–Kier alpha value is -1.51. The van der Waals surface area contributed by atoms with Crippen LogP contribution in [-0.2, 0) is 11.2 Å². The van der Waals surface area contributed by atoms with E-state index in [-0.39, 0.29) is 12.2 Å². The fraction of sp³-hybridized carbons (Fsp3) is 0.500. The molecule has 21 heavy (non-hydrogen) atoms. The minimum Gasteiger partial charge on any atom is -0.508 e. The first-order chi connectivity index (χ1) is 9.86. The van der Waals surface area contributed by atoms with Gasteiger partial charge in [-0.3, -0.25) is 4.79 Å². The standard InChI is InChI=1S/C14H20O7/c15-7-11(18)13(20)14(21)12(19)10(17)6-3-8-1-4-9(16)5-2-8/h1-2,4-5,11-16,18-21H,3,6-7H2/t11-,12+,13-,14-/m1/s1. The molecule has 7 heteroatoms. The van der Waals surface area contributed by atoms with Crippen molar-refractivity contribution in [2.75, 3.05) is 6.61 Å². The lowest BCUT2D eigenvalue weighted by Crippen LogP contribution is -2.48. The Morgan fingerprint density at radius 2 is 1.57 bits per heavy atom. The summed E-state index contributed by atoms with van der Waals surface area (Å²) in [6.45, 7) is -0.799. The lowest BCUT2D eigenvalue weighted by atomic mass is 9.97. The number of phenolic OH excluding ortho intramolecular Hbond substituents is 1. The molecule has 1 rings (SSSR count). The molecule has 0 aliphatic heterocycles. The van der Waals surface area contributed by atoms with Crippen molar-refractivity contribution < 1.29 is 35.4 Å². The predicted molar refractivity (Wildman–Crippen MR) is 72.5 cm³/mol. The Bertz CT molecular complexity index is 445. The molecule has 0 heterocycles. The van der Waals surface area contributed by atoms with Gasteiger partial charge in [0.05, 0.1) is 6.61 Å². The molecule has 0 aromatic heterocycles. The van der Waals surface area contributed by atoms with Crippen LogP contribution in [0.4, 0.5) is 0 Å². The molecule has 0 aliphatic carbocycles. The van der Waals surface area contributed by atoms with Crippen molar-refractivity contribution in [3.05, 3.63) is 29.8 Å². The van der Waals surface area contributed by atoms with Gasteiger partial charge in [0.25, 0.3) is 0 Å². The van der Waals surface area contributed by atoms with Gasteiger partial charge >= 0.3 is 0 Å². The van der Waals surface area contributed by atoms with E-state index in [2.05, 4.69) is 0 Å². The van der Waals surface area contributed by atoms with Crippen LogP contribution in [0, 0.1) is 0 Å². The van der Waals surface area contributed by atoms with Crippen molar-refractivity contribution in [2.24, 2.45) is 0 Å². The summed E-state index contributed by atoms with van der Waals surface area (Å²) in [5.74, 6) is -0.596. The molecule has 4 atom stereocenters. The number of phenols is 1. The van der Waals surface area contributed by atoms with Gasteiger partial charge in [-0.1, -0.05) is 12.1 Å². The fourth-order valence-electron chi connectivity index (χ4n) is 1.79. The molecule has 0 spiro atoms. The molecule has 7 nitrogen and oxygen atoms in total. The number of aromatic hydroxyl groups is 1. The summed E-state index contributed by atoms with van der Waals surface area (Å²) < 4.78 is 0. The number of rotatable bonds is 8. The van der Waals surface area contributed by atoms with Gasteiger partial charge in [0.1, 0.15) is 30.2 Å². The average Bonchev–Trinajstić information content (AvgIpc) is 2.50. The van der Waals surface area contributed by atoms with Crippen LogP contribution in [0.5, 0.6) is 5.75 Å². The number of aliphatic hydroxyl groups excluding tert-OH is 5. The minimum absolute atomic E-state index is 0.0784. The number of carbonyl (C=O) groups is 1. The molecule has 0 bridgehead atoms. The van der Waals surface area contributed by atoms with Crippen LogP contribution in [-0.4, -0.2) is 67.4 Å². The molecule has 0 saturated heterocycles. The van der Waals surface area contributed by atoms with Crippen molar-refractivity contribution >= 4 is 5.78 Å². The molecular weight excluding hydrogens is 280 g/mol. The van der Waals surface area contributed by atoms with E-state index in [0.29, 0.717) is 6.42 Å². The van der Waals surface area contributed by atoms with E-state index in [9.17, 15) is 20.1 Å². The van der Waals surface area contributed by atoms with Crippen LogP contribution in [0.2, 0.25) is 0 Å². The van der Waals surface area contributed by atoms with Gasteiger partial charge in [0.15, 0.2) is 5.78 Å². The molecule has 0 fully saturated rings. The number of Topliss-reactive ketones (excluding diaryl/α,β-unsaturated/α-hetero) is 1. The summed E-state index contributed by atoms with van der Waals surface area (Å²) in [4.78, 5) is 11.7. The van der Waals surface area contributed by atoms with E-state index >= 15 is 0 Å². The van der Waals surface area contributed by atoms with Crippen LogP contribution >= 0.6 is 0 Å². The maximum atomic E-state index is 11.7. The van der Waals surface area contributed by atoms with Gasteiger partial charge < -0.3 is 30.6 Å². The van der Waals surface area contributed by atoms with E-state index in [1.165, 1.54) is 12.1 Å². The molecule has 0 unspecified atom stereocenters. The third-order valence-corrected chi connectivity index (χ3v) is 3.18. The zero-order valence-corrected chi connectivity index (χ0v) is 11.3. The maximum Gasteiger partial charge on any atom is 0.164 e. The van der Waals surface area contributed by atoms with Crippen LogP contribution in [0.1, 0.15) is 12.0 Å². The predicted octanol–water partition coefficient (Wildman–Crippen LogP) is -1.67. The first-order valence-electron chi connectivity index (χ1n) is 6.50. The topological polar surface area (TPSA) is 138 Å². The van der Waals surface area contributed by atoms with E-state index in [4.69, 9.17) is 15.3 Å². The zero-order chi connectivity index (χ0) is 16.0. The molecule has 0 aliphatic rings. The van der Waals surface area contributed by atoms with Crippen molar-refractivity contribution in [2.45, 2.75) is 37.3 Å². The van der Waals surface area contributed by atoms with Crippen molar-refractivity contribution in [3.8, 4) is 5.75 Å². The van der Waals surface area contributed by atoms with E-state index in [0.717, 1.165) is 5.56 Å². The van der Waals surface area contributed by atoms with Crippen LogP contribution in [0.25, 0.3) is 0 Å².